The molecule has 0 heterocycles. The molecule has 1 aromatic carbocycles. The first kappa shape index (κ1) is 27.0. The summed E-state index contributed by atoms with van der Waals surface area (Å²) >= 11 is 0. The molecule has 0 aromatic heterocycles. The molecule has 1 rings (SSSR count). The Morgan fingerprint density at radius 2 is 1.84 bits per heavy atom. The maximum Gasteiger partial charge on any atom is 0.408 e. The number of alkyl carbamates (subject to hydrolysis) is 1. The van der Waals surface area contributed by atoms with Gasteiger partial charge in [0, 0.05) is 18.2 Å². The number of rotatable bonds is 10. The molecule has 3 N–H and O–H groups in total. The molecule has 0 aliphatic carbocycles. The molecule has 0 saturated heterocycles. The van der Waals surface area contributed by atoms with Crippen LogP contribution in [0, 0.1) is 12.3 Å². The van der Waals surface area contributed by atoms with Gasteiger partial charge in [0.1, 0.15) is 18.2 Å². The summed E-state index contributed by atoms with van der Waals surface area (Å²) in [6.07, 6.45) is 6.35. The van der Waals surface area contributed by atoms with Crippen molar-refractivity contribution >= 4 is 17.9 Å². The molecular formula is C24H35N3O5. The van der Waals surface area contributed by atoms with E-state index in [2.05, 4.69) is 16.6 Å². The van der Waals surface area contributed by atoms with Gasteiger partial charge in [0.25, 0.3) is 0 Å². The van der Waals surface area contributed by atoms with E-state index in [0.717, 1.165) is 12.8 Å². The van der Waals surface area contributed by atoms with E-state index in [9.17, 15) is 19.5 Å². The van der Waals surface area contributed by atoms with E-state index in [1.54, 1.807) is 45.0 Å². The Hall–Kier alpha value is -3.05. The number of nitrogens with one attached hydrogen (secondary N) is 2. The number of nitrogens with zero attached hydrogens (tertiary/aromatic N) is 1. The Kier molecular flexibility index (Phi) is 10.7. The highest BCUT2D eigenvalue weighted by Gasteiger charge is 2.32. The number of terminal acetylenes is 1. The second-order valence-corrected chi connectivity index (χ2v) is 8.53. The Balaban J connectivity index is 3.16. The highest BCUT2D eigenvalue weighted by molar-refractivity contribution is 5.90. The number of carbonyl (C=O) groups excluding carboxylic acids is 3. The average molecular weight is 446 g/mol. The Morgan fingerprint density at radius 1 is 1.22 bits per heavy atom. The smallest absolute Gasteiger partial charge is 0.408 e. The zero-order valence-corrected chi connectivity index (χ0v) is 19.6. The number of carbonyl (C=O) groups is 3. The molecule has 32 heavy (non-hydrogen) atoms. The molecule has 0 fully saturated rings. The molecule has 1 aromatic rings. The second kappa shape index (κ2) is 12.7. The second-order valence-electron chi connectivity index (χ2n) is 8.53. The maximum atomic E-state index is 13.2. The van der Waals surface area contributed by atoms with Crippen LogP contribution in [-0.4, -0.2) is 59.3 Å². The monoisotopic (exact) mass is 445 g/mol. The van der Waals surface area contributed by atoms with Gasteiger partial charge in [-0.2, -0.15) is 0 Å². The van der Waals surface area contributed by atoms with E-state index in [1.165, 1.54) is 4.90 Å². The number of aliphatic hydroxyl groups is 1. The van der Waals surface area contributed by atoms with Crippen molar-refractivity contribution in [3.8, 4) is 12.3 Å². The summed E-state index contributed by atoms with van der Waals surface area (Å²) in [6, 6.07) is 5.65. The number of hydrogen-bond donors (Lipinski definition) is 3. The van der Waals surface area contributed by atoms with Crippen LogP contribution in [0.2, 0.25) is 0 Å². The van der Waals surface area contributed by atoms with Gasteiger partial charge in [-0.3, -0.25) is 9.59 Å². The van der Waals surface area contributed by atoms with E-state index >= 15 is 0 Å². The summed E-state index contributed by atoms with van der Waals surface area (Å²) in [5.41, 5.74) is 0.470. The number of amides is 3. The Bertz CT molecular complexity index is 808. The number of aliphatic hydroxyl groups excluding tert-OH is 1. The number of ether oxygens (including phenoxy) is 1. The van der Waals surface area contributed by atoms with Crippen LogP contribution in [0.5, 0.6) is 0 Å². The quantitative estimate of drug-likeness (QED) is 0.479. The van der Waals surface area contributed by atoms with Gasteiger partial charge >= 0.3 is 6.09 Å². The van der Waals surface area contributed by atoms with Gasteiger partial charge in [-0.05, 0) is 51.8 Å². The first-order valence-electron chi connectivity index (χ1n) is 10.8. The van der Waals surface area contributed by atoms with E-state index in [-0.39, 0.29) is 31.6 Å². The number of benzene rings is 1. The summed E-state index contributed by atoms with van der Waals surface area (Å²) in [5.74, 6) is 1.61. The first-order valence-corrected chi connectivity index (χ1v) is 10.8. The minimum atomic E-state index is -0.999. The normalized spacial score (nSPS) is 12.8. The summed E-state index contributed by atoms with van der Waals surface area (Å²) in [5, 5.41) is 14.9. The van der Waals surface area contributed by atoms with Crippen molar-refractivity contribution < 1.29 is 24.2 Å². The maximum absolute atomic E-state index is 13.2. The Morgan fingerprint density at radius 3 is 2.34 bits per heavy atom. The summed E-state index contributed by atoms with van der Waals surface area (Å²) in [4.78, 5) is 39.4. The molecule has 0 radical (unpaired) electrons. The van der Waals surface area contributed by atoms with Gasteiger partial charge in [-0.25, -0.2) is 4.79 Å². The summed E-state index contributed by atoms with van der Waals surface area (Å²) < 4.78 is 5.16. The fourth-order valence-electron chi connectivity index (χ4n) is 3.13. The van der Waals surface area contributed by atoms with E-state index in [0.29, 0.717) is 11.1 Å². The van der Waals surface area contributed by atoms with Crippen LogP contribution in [0.15, 0.2) is 24.3 Å². The standard InChI is InChI=1S/C24H35N3O5/c1-7-9-17(3)26-22(30)21(19-12-10-18(8-2)11-13-19)27(14-15-28)20(29)16-25-23(31)32-24(4,5)6/h2,10-13,17,21,28H,7,9,14-16H2,1,3-6H3,(H,25,31)(H,26,30). The fourth-order valence-corrected chi connectivity index (χ4v) is 3.13. The van der Waals surface area contributed by atoms with E-state index in [1.807, 2.05) is 13.8 Å². The van der Waals surface area contributed by atoms with Gasteiger partial charge < -0.3 is 25.4 Å². The summed E-state index contributed by atoms with van der Waals surface area (Å²) in [7, 11) is 0. The molecule has 3 amide bonds. The van der Waals surface area contributed by atoms with Crippen molar-refractivity contribution in [1.82, 2.24) is 15.5 Å². The molecule has 0 aliphatic rings. The van der Waals surface area contributed by atoms with Crippen molar-refractivity contribution in [2.24, 2.45) is 0 Å². The Labute approximate surface area is 190 Å². The molecule has 8 nitrogen and oxygen atoms in total. The third-order valence-electron chi connectivity index (χ3n) is 4.51. The zero-order valence-electron chi connectivity index (χ0n) is 19.6. The van der Waals surface area contributed by atoms with Crippen LogP contribution in [0.4, 0.5) is 4.79 Å². The lowest BCUT2D eigenvalue weighted by atomic mass is 10.0. The van der Waals surface area contributed by atoms with Crippen LogP contribution in [0.25, 0.3) is 0 Å². The van der Waals surface area contributed by atoms with Crippen molar-refractivity contribution in [1.29, 1.82) is 0 Å². The van der Waals surface area contributed by atoms with Crippen LogP contribution < -0.4 is 10.6 Å². The lowest BCUT2D eigenvalue weighted by Crippen LogP contribution is -2.50. The summed E-state index contributed by atoms with van der Waals surface area (Å²) in [6.45, 7) is 8.22. The van der Waals surface area contributed by atoms with Gasteiger partial charge in [-0.1, -0.05) is 31.4 Å². The van der Waals surface area contributed by atoms with Crippen molar-refractivity contribution in [3.63, 3.8) is 0 Å². The SMILES string of the molecule is C#Cc1ccc(C(C(=O)NC(C)CCC)N(CCO)C(=O)CNC(=O)OC(C)(C)C)cc1. The fraction of sp³-hybridized carbons (Fsp3) is 0.542. The molecule has 2 unspecified atom stereocenters. The minimum absolute atomic E-state index is 0.0913. The zero-order chi connectivity index (χ0) is 24.3. The molecule has 0 saturated carbocycles. The third-order valence-corrected chi connectivity index (χ3v) is 4.51. The van der Waals surface area contributed by atoms with E-state index < -0.39 is 23.6 Å². The predicted octanol–water partition coefficient (Wildman–Crippen LogP) is 2.36. The molecule has 2 atom stereocenters. The molecular weight excluding hydrogens is 410 g/mol. The first-order chi connectivity index (χ1) is 15.0. The molecule has 8 heteroatoms. The van der Waals surface area contributed by atoms with Gasteiger partial charge in [0.15, 0.2) is 0 Å². The minimum Gasteiger partial charge on any atom is -0.444 e. The van der Waals surface area contributed by atoms with Crippen LogP contribution >= 0.6 is 0 Å². The molecule has 0 aliphatic heterocycles. The van der Waals surface area contributed by atoms with Crippen molar-refractivity contribution in [2.45, 2.75) is 65.1 Å². The van der Waals surface area contributed by atoms with Crippen LogP contribution in [0.1, 0.15) is 64.6 Å². The van der Waals surface area contributed by atoms with Gasteiger partial charge in [0.05, 0.1) is 6.61 Å². The number of hydrogen-bond acceptors (Lipinski definition) is 5. The third kappa shape index (κ3) is 8.98. The van der Waals surface area contributed by atoms with Crippen LogP contribution in [-0.2, 0) is 14.3 Å². The van der Waals surface area contributed by atoms with Gasteiger partial charge in [-0.15, -0.1) is 6.42 Å². The van der Waals surface area contributed by atoms with Crippen LogP contribution in [0.3, 0.4) is 0 Å². The lowest BCUT2D eigenvalue weighted by molar-refractivity contribution is -0.141. The molecule has 0 bridgehead atoms. The highest BCUT2D eigenvalue weighted by atomic mass is 16.6. The van der Waals surface area contributed by atoms with Crippen molar-refractivity contribution in [3.05, 3.63) is 35.4 Å². The van der Waals surface area contributed by atoms with Crippen molar-refractivity contribution in [2.75, 3.05) is 19.7 Å². The van der Waals surface area contributed by atoms with E-state index in [4.69, 9.17) is 11.2 Å². The largest absolute Gasteiger partial charge is 0.444 e. The molecule has 176 valence electrons. The lowest BCUT2D eigenvalue weighted by Gasteiger charge is -2.32. The molecule has 0 spiro atoms. The topological polar surface area (TPSA) is 108 Å². The average Bonchev–Trinajstić information content (AvgIpc) is 2.71. The predicted molar refractivity (Wildman–Crippen MR) is 123 cm³/mol. The highest BCUT2D eigenvalue weighted by Crippen LogP contribution is 2.22. The van der Waals surface area contributed by atoms with Gasteiger partial charge in [0.2, 0.25) is 11.8 Å².